The van der Waals surface area contributed by atoms with E-state index in [-0.39, 0.29) is 5.69 Å². The van der Waals surface area contributed by atoms with Gasteiger partial charge in [0.2, 0.25) is 0 Å². The van der Waals surface area contributed by atoms with Crippen molar-refractivity contribution < 1.29 is 9.52 Å². The smallest absolute Gasteiger partial charge is 0.314 e. The summed E-state index contributed by atoms with van der Waals surface area (Å²) in [6, 6.07) is 2.60. The second-order valence-corrected chi connectivity index (χ2v) is 2.36. The number of amides is 1. The zero-order valence-corrected chi connectivity index (χ0v) is 6.21. The summed E-state index contributed by atoms with van der Waals surface area (Å²) >= 11 is 5.50. The molecule has 58 valence electrons. The maximum Gasteiger partial charge on any atom is 0.314 e. The third-order valence-electron chi connectivity index (χ3n) is 1.13. The van der Waals surface area contributed by atoms with E-state index in [0.717, 1.165) is 6.20 Å². The molecule has 5 heteroatoms. The quantitative estimate of drug-likeness (QED) is 0.481. The fourth-order valence-corrected chi connectivity index (χ4v) is 0.801. The Morgan fingerprint density at radius 1 is 1.73 bits per heavy atom. The Labute approximate surface area is 67.8 Å². The van der Waals surface area contributed by atoms with Gasteiger partial charge in [-0.25, -0.2) is 0 Å². The van der Waals surface area contributed by atoms with Gasteiger partial charge >= 0.3 is 5.91 Å². The number of primary amides is 1. The number of rotatable bonds is 1. The standard InChI is InChI=1S/C6H5ClN2O2/c7-4-1-2-9(11)5(3-4)6(8)10/h1-3H,(H2,8,10). The van der Waals surface area contributed by atoms with Crippen molar-refractivity contribution in [2.75, 3.05) is 0 Å². The van der Waals surface area contributed by atoms with Crippen LogP contribution in [0.3, 0.4) is 0 Å². The highest BCUT2D eigenvalue weighted by Crippen LogP contribution is 2.05. The molecule has 1 aromatic heterocycles. The number of pyridine rings is 1. The van der Waals surface area contributed by atoms with Crippen molar-refractivity contribution in [2.24, 2.45) is 5.73 Å². The van der Waals surface area contributed by atoms with Crippen molar-refractivity contribution in [1.29, 1.82) is 0 Å². The fourth-order valence-electron chi connectivity index (χ4n) is 0.641. The zero-order valence-electron chi connectivity index (χ0n) is 5.45. The lowest BCUT2D eigenvalue weighted by molar-refractivity contribution is -0.607. The SMILES string of the molecule is NC(=O)c1cc(Cl)cc[n+]1[O-]. The number of carbonyl (C=O) groups excluding carboxylic acids is 1. The molecular weight excluding hydrogens is 168 g/mol. The molecule has 1 heterocycles. The minimum Gasteiger partial charge on any atom is -0.618 e. The van der Waals surface area contributed by atoms with Crippen LogP contribution in [-0.4, -0.2) is 5.91 Å². The maximum atomic E-state index is 10.8. The van der Waals surface area contributed by atoms with Gasteiger partial charge in [-0.15, -0.1) is 0 Å². The number of aromatic nitrogens is 1. The minimum absolute atomic E-state index is 0.155. The first-order chi connectivity index (χ1) is 5.11. The highest BCUT2D eigenvalue weighted by atomic mass is 35.5. The summed E-state index contributed by atoms with van der Waals surface area (Å²) in [4.78, 5) is 10.5. The van der Waals surface area contributed by atoms with E-state index >= 15 is 0 Å². The summed E-state index contributed by atoms with van der Waals surface area (Å²) in [5, 5.41) is 11.1. The number of nitrogens with two attached hydrogens (primary N) is 1. The Bertz CT molecular complexity index is 301. The van der Waals surface area contributed by atoms with E-state index < -0.39 is 5.91 Å². The predicted octanol–water partition coefficient (Wildman–Crippen LogP) is 0.0723. The van der Waals surface area contributed by atoms with E-state index in [4.69, 9.17) is 17.3 Å². The van der Waals surface area contributed by atoms with Crippen LogP contribution in [0.5, 0.6) is 0 Å². The van der Waals surface area contributed by atoms with Crippen LogP contribution < -0.4 is 10.5 Å². The van der Waals surface area contributed by atoms with Crippen molar-refractivity contribution in [3.63, 3.8) is 0 Å². The first-order valence-electron chi connectivity index (χ1n) is 2.80. The Hall–Kier alpha value is -1.29. The first kappa shape index (κ1) is 7.81. The molecular formula is C6H5ClN2O2. The van der Waals surface area contributed by atoms with Crippen molar-refractivity contribution in [1.82, 2.24) is 0 Å². The Morgan fingerprint density at radius 3 is 2.82 bits per heavy atom. The molecule has 1 rings (SSSR count). The summed E-state index contributed by atoms with van der Waals surface area (Å²) in [5.41, 5.74) is 4.71. The highest BCUT2D eigenvalue weighted by molar-refractivity contribution is 6.30. The molecule has 0 aliphatic carbocycles. The van der Waals surface area contributed by atoms with Gasteiger partial charge in [-0.2, -0.15) is 4.73 Å². The van der Waals surface area contributed by atoms with Crippen molar-refractivity contribution >= 4 is 17.5 Å². The predicted molar refractivity (Wildman–Crippen MR) is 38.9 cm³/mol. The van der Waals surface area contributed by atoms with Crippen LogP contribution in [0.25, 0.3) is 0 Å². The molecule has 0 aromatic carbocycles. The van der Waals surface area contributed by atoms with Crippen LogP contribution >= 0.6 is 11.6 Å². The monoisotopic (exact) mass is 172 g/mol. The molecule has 0 atom stereocenters. The lowest BCUT2D eigenvalue weighted by Gasteiger charge is -1.99. The average Bonchev–Trinajstić information content (AvgIpc) is 1.94. The summed E-state index contributed by atoms with van der Waals surface area (Å²) in [7, 11) is 0. The fraction of sp³-hybridized carbons (Fsp3) is 0. The van der Waals surface area contributed by atoms with Gasteiger partial charge in [-0.05, 0) is 0 Å². The van der Waals surface area contributed by atoms with Crippen molar-refractivity contribution in [3.05, 3.63) is 34.3 Å². The van der Waals surface area contributed by atoms with E-state index in [1.54, 1.807) is 0 Å². The second kappa shape index (κ2) is 2.75. The molecule has 0 radical (unpaired) electrons. The molecule has 2 N–H and O–H groups in total. The topological polar surface area (TPSA) is 70.0 Å². The molecule has 0 spiro atoms. The van der Waals surface area contributed by atoms with E-state index in [9.17, 15) is 10.0 Å². The molecule has 0 saturated carbocycles. The largest absolute Gasteiger partial charge is 0.618 e. The molecule has 1 amide bonds. The van der Waals surface area contributed by atoms with Crippen LogP contribution in [-0.2, 0) is 0 Å². The maximum absolute atomic E-state index is 10.8. The lowest BCUT2D eigenvalue weighted by Crippen LogP contribution is -2.36. The molecule has 0 saturated heterocycles. The first-order valence-corrected chi connectivity index (χ1v) is 3.17. The molecule has 0 fully saturated rings. The number of hydrogen-bond donors (Lipinski definition) is 1. The lowest BCUT2D eigenvalue weighted by atomic mass is 10.3. The molecule has 1 aromatic rings. The van der Waals surface area contributed by atoms with Gasteiger partial charge in [0, 0.05) is 12.1 Å². The van der Waals surface area contributed by atoms with E-state index in [2.05, 4.69) is 0 Å². The van der Waals surface area contributed by atoms with Crippen molar-refractivity contribution in [2.45, 2.75) is 0 Å². The van der Waals surface area contributed by atoms with Gasteiger partial charge in [0.25, 0.3) is 5.69 Å². The minimum atomic E-state index is -0.789. The Morgan fingerprint density at radius 2 is 2.36 bits per heavy atom. The molecule has 4 nitrogen and oxygen atoms in total. The van der Waals surface area contributed by atoms with E-state index in [0.29, 0.717) is 9.75 Å². The number of halogens is 1. The third-order valence-corrected chi connectivity index (χ3v) is 1.37. The molecule has 11 heavy (non-hydrogen) atoms. The van der Waals surface area contributed by atoms with Crippen LogP contribution in [0.2, 0.25) is 5.02 Å². The van der Waals surface area contributed by atoms with Crippen LogP contribution in [0.15, 0.2) is 18.3 Å². The van der Waals surface area contributed by atoms with Gasteiger partial charge in [-0.1, -0.05) is 11.6 Å². The summed E-state index contributed by atoms with van der Waals surface area (Å²) in [5.74, 6) is -0.789. The summed E-state index contributed by atoms with van der Waals surface area (Å²) in [6.07, 6.45) is 1.13. The van der Waals surface area contributed by atoms with E-state index in [1.165, 1.54) is 12.1 Å². The average molecular weight is 173 g/mol. The van der Waals surface area contributed by atoms with Gasteiger partial charge in [0.05, 0.1) is 5.02 Å². The second-order valence-electron chi connectivity index (χ2n) is 1.92. The van der Waals surface area contributed by atoms with Gasteiger partial charge in [0.1, 0.15) is 0 Å². The Balaban J connectivity index is 3.23. The highest BCUT2D eigenvalue weighted by Gasteiger charge is 2.11. The normalized spacial score (nSPS) is 9.55. The van der Waals surface area contributed by atoms with Crippen LogP contribution in [0, 0.1) is 5.21 Å². The summed E-state index contributed by atoms with van der Waals surface area (Å²) in [6.45, 7) is 0. The molecule has 0 bridgehead atoms. The molecule has 0 aliphatic rings. The van der Waals surface area contributed by atoms with E-state index in [1.807, 2.05) is 0 Å². The van der Waals surface area contributed by atoms with Crippen molar-refractivity contribution in [3.8, 4) is 0 Å². The molecule has 0 aliphatic heterocycles. The third kappa shape index (κ3) is 1.59. The molecule has 0 unspecified atom stereocenters. The zero-order chi connectivity index (χ0) is 8.43. The van der Waals surface area contributed by atoms with Gasteiger partial charge in [-0.3, -0.25) is 4.79 Å². The Kier molecular flexibility index (Phi) is 1.96. The van der Waals surface area contributed by atoms with Crippen LogP contribution in [0.4, 0.5) is 0 Å². The van der Waals surface area contributed by atoms with Gasteiger partial charge < -0.3 is 10.9 Å². The number of nitrogens with zero attached hydrogens (tertiary/aromatic N) is 1. The van der Waals surface area contributed by atoms with Crippen LogP contribution in [0.1, 0.15) is 10.5 Å². The summed E-state index contributed by atoms with van der Waals surface area (Å²) < 4.78 is 0.369. The van der Waals surface area contributed by atoms with Gasteiger partial charge in [0.15, 0.2) is 6.20 Å². The number of carbonyl (C=O) groups is 1. The number of hydrogen-bond acceptors (Lipinski definition) is 2.